The van der Waals surface area contributed by atoms with E-state index < -0.39 is 4.92 Å². The van der Waals surface area contributed by atoms with Gasteiger partial charge in [0.1, 0.15) is 0 Å². The Kier molecular flexibility index (Phi) is 6.23. The first-order valence-corrected chi connectivity index (χ1v) is 11.2. The average molecular weight is 476 g/mol. The zero-order chi connectivity index (χ0) is 24.9. The molecule has 5 rings (SSSR count). The zero-order valence-corrected chi connectivity index (χ0v) is 19.0. The Morgan fingerprint density at radius 2 is 1.44 bits per heavy atom. The summed E-state index contributed by atoms with van der Waals surface area (Å²) < 4.78 is 0. The molecule has 1 aromatic heterocycles. The number of aromatic nitrogens is 1. The van der Waals surface area contributed by atoms with E-state index in [0.717, 1.165) is 28.1 Å². The van der Waals surface area contributed by atoms with Crippen LogP contribution in [-0.2, 0) is 0 Å². The number of rotatable bonds is 7. The largest absolute Gasteiger partial charge is 0.356 e. The van der Waals surface area contributed by atoms with Gasteiger partial charge >= 0.3 is 0 Å². The van der Waals surface area contributed by atoms with Gasteiger partial charge in [-0.05, 0) is 66.7 Å². The summed E-state index contributed by atoms with van der Waals surface area (Å²) in [4.78, 5) is 27.6. The number of pyridine rings is 1. The van der Waals surface area contributed by atoms with E-state index >= 15 is 0 Å². The molecule has 1 amide bonds. The minimum absolute atomic E-state index is 0.00590. The topological polar surface area (TPSA) is 109 Å². The van der Waals surface area contributed by atoms with Crippen molar-refractivity contribution in [3.8, 4) is 0 Å². The molecular weight excluding hydrogens is 454 g/mol. The van der Waals surface area contributed by atoms with Crippen LogP contribution < -0.4 is 16.0 Å². The average Bonchev–Trinajstić information content (AvgIpc) is 2.90. The highest BCUT2D eigenvalue weighted by atomic mass is 16.6. The van der Waals surface area contributed by atoms with Gasteiger partial charge in [-0.25, -0.2) is 0 Å². The lowest BCUT2D eigenvalue weighted by atomic mass is 10.1. The molecule has 3 N–H and O–H groups in total. The molecule has 4 aromatic carbocycles. The van der Waals surface area contributed by atoms with Crippen molar-refractivity contribution < 1.29 is 9.72 Å². The van der Waals surface area contributed by atoms with E-state index in [1.54, 1.807) is 42.6 Å². The van der Waals surface area contributed by atoms with E-state index in [1.807, 2.05) is 54.6 Å². The van der Waals surface area contributed by atoms with Gasteiger partial charge in [-0.1, -0.05) is 24.3 Å². The Morgan fingerprint density at radius 3 is 2.22 bits per heavy atom. The first kappa shape index (κ1) is 22.5. The van der Waals surface area contributed by atoms with Crippen LogP contribution in [0.4, 0.5) is 34.1 Å². The number of amides is 1. The van der Waals surface area contributed by atoms with Gasteiger partial charge in [0.25, 0.3) is 11.6 Å². The van der Waals surface area contributed by atoms with Gasteiger partial charge in [0.15, 0.2) is 0 Å². The molecule has 36 heavy (non-hydrogen) atoms. The zero-order valence-electron chi connectivity index (χ0n) is 19.0. The van der Waals surface area contributed by atoms with Crippen molar-refractivity contribution in [3.63, 3.8) is 0 Å². The molecule has 0 unspecified atom stereocenters. The SMILES string of the molecule is O=C(Nc1ccc(Nc2ccnc3cc([N+](=O)[O-])ccc23)cc1)c1cccc(Nc2ccccc2)c1. The van der Waals surface area contributed by atoms with Crippen molar-refractivity contribution in [2.75, 3.05) is 16.0 Å². The second kappa shape index (κ2) is 9.94. The predicted molar refractivity (Wildman–Crippen MR) is 142 cm³/mol. The minimum Gasteiger partial charge on any atom is -0.356 e. The third kappa shape index (κ3) is 5.13. The fourth-order valence-electron chi connectivity index (χ4n) is 3.78. The Balaban J connectivity index is 1.27. The Morgan fingerprint density at radius 1 is 0.722 bits per heavy atom. The van der Waals surface area contributed by atoms with E-state index in [-0.39, 0.29) is 11.6 Å². The van der Waals surface area contributed by atoms with E-state index in [2.05, 4.69) is 20.9 Å². The number of fused-ring (bicyclic) bond motifs is 1. The van der Waals surface area contributed by atoms with Crippen LogP contribution in [0.15, 0.2) is 109 Å². The first-order chi connectivity index (χ1) is 17.5. The number of hydrogen-bond donors (Lipinski definition) is 3. The van der Waals surface area contributed by atoms with Gasteiger partial charge < -0.3 is 16.0 Å². The van der Waals surface area contributed by atoms with Crippen LogP contribution in [0.25, 0.3) is 10.9 Å². The Bertz CT molecular complexity index is 1550. The molecule has 0 aliphatic heterocycles. The molecule has 0 bridgehead atoms. The van der Waals surface area contributed by atoms with Gasteiger partial charge in [-0.3, -0.25) is 19.9 Å². The molecule has 0 fully saturated rings. The van der Waals surface area contributed by atoms with Crippen molar-refractivity contribution in [2.45, 2.75) is 0 Å². The van der Waals surface area contributed by atoms with Crippen LogP contribution in [0, 0.1) is 10.1 Å². The number of nitro groups is 1. The molecule has 5 aromatic rings. The number of hydrogen-bond acceptors (Lipinski definition) is 6. The third-order valence-corrected chi connectivity index (χ3v) is 5.55. The predicted octanol–water partition coefficient (Wildman–Crippen LogP) is 6.88. The van der Waals surface area contributed by atoms with Crippen LogP contribution in [0.5, 0.6) is 0 Å². The minimum atomic E-state index is -0.440. The van der Waals surface area contributed by atoms with Crippen molar-refractivity contribution in [1.29, 1.82) is 0 Å². The van der Waals surface area contributed by atoms with Crippen LogP contribution in [0.1, 0.15) is 10.4 Å². The Labute approximate surface area is 206 Å². The van der Waals surface area contributed by atoms with Crippen LogP contribution in [0.2, 0.25) is 0 Å². The van der Waals surface area contributed by atoms with Crippen molar-refractivity contribution in [2.24, 2.45) is 0 Å². The van der Waals surface area contributed by atoms with Crippen LogP contribution >= 0.6 is 0 Å². The lowest BCUT2D eigenvalue weighted by Gasteiger charge is -2.11. The summed E-state index contributed by atoms with van der Waals surface area (Å²) in [5.41, 5.74) is 5.05. The quantitative estimate of drug-likeness (QED) is 0.175. The summed E-state index contributed by atoms with van der Waals surface area (Å²) in [6.07, 6.45) is 1.60. The number of nitrogens with zero attached hydrogens (tertiary/aromatic N) is 2. The molecule has 1 heterocycles. The second-order valence-corrected chi connectivity index (χ2v) is 8.05. The number of carbonyl (C=O) groups excluding carboxylic acids is 1. The molecule has 0 saturated heterocycles. The summed E-state index contributed by atoms with van der Waals surface area (Å²) in [6.45, 7) is 0. The standard InChI is InChI=1S/C28H21N5O3/c34-28(19-5-4-8-23(17-19)30-20-6-2-1-3-7-20)32-22-11-9-21(10-12-22)31-26-15-16-29-27-18-24(33(35)36)13-14-25(26)27/h1-18,30H,(H,29,31)(H,32,34). The smallest absolute Gasteiger partial charge is 0.271 e. The maximum Gasteiger partial charge on any atom is 0.271 e. The number of para-hydroxylation sites is 1. The number of nitro benzene ring substituents is 1. The second-order valence-electron chi connectivity index (χ2n) is 8.05. The summed E-state index contributed by atoms with van der Waals surface area (Å²) in [6, 6.07) is 30.8. The van der Waals surface area contributed by atoms with Gasteiger partial charge in [0, 0.05) is 57.7 Å². The highest BCUT2D eigenvalue weighted by Crippen LogP contribution is 2.28. The highest BCUT2D eigenvalue weighted by Gasteiger charge is 2.10. The van der Waals surface area contributed by atoms with Gasteiger partial charge in [0.2, 0.25) is 0 Å². The van der Waals surface area contributed by atoms with E-state index in [9.17, 15) is 14.9 Å². The monoisotopic (exact) mass is 475 g/mol. The molecule has 0 atom stereocenters. The Hall–Kier alpha value is -5.24. The number of nitrogens with one attached hydrogen (secondary N) is 3. The lowest BCUT2D eigenvalue weighted by Crippen LogP contribution is -2.12. The molecule has 0 spiro atoms. The summed E-state index contributed by atoms with van der Waals surface area (Å²) in [7, 11) is 0. The number of anilines is 5. The molecular formula is C28H21N5O3. The molecule has 0 saturated carbocycles. The maximum absolute atomic E-state index is 12.8. The molecule has 176 valence electrons. The van der Waals surface area contributed by atoms with E-state index in [0.29, 0.717) is 16.8 Å². The molecule has 0 radical (unpaired) electrons. The number of carbonyl (C=O) groups is 1. The molecule has 8 nitrogen and oxygen atoms in total. The van der Waals surface area contributed by atoms with Gasteiger partial charge in [-0.2, -0.15) is 0 Å². The van der Waals surface area contributed by atoms with Crippen LogP contribution in [0.3, 0.4) is 0 Å². The lowest BCUT2D eigenvalue weighted by molar-refractivity contribution is -0.384. The fraction of sp³-hybridized carbons (Fsp3) is 0. The molecule has 0 aliphatic rings. The molecule has 8 heteroatoms. The summed E-state index contributed by atoms with van der Waals surface area (Å²) in [5.74, 6) is -0.214. The third-order valence-electron chi connectivity index (χ3n) is 5.55. The van der Waals surface area contributed by atoms with Crippen molar-refractivity contribution in [3.05, 3.63) is 125 Å². The summed E-state index contributed by atoms with van der Waals surface area (Å²) >= 11 is 0. The van der Waals surface area contributed by atoms with Gasteiger partial charge in [-0.15, -0.1) is 0 Å². The van der Waals surface area contributed by atoms with Crippen molar-refractivity contribution in [1.82, 2.24) is 4.98 Å². The van der Waals surface area contributed by atoms with Crippen LogP contribution in [-0.4, -0.2) is 15.8 Å². The van der Waals surface area contributed by atoms with E-state index in [4.69, 9.17) is 0 Å². The summed E-state index contributed by atoms with van der Waals surface area (Å²) in [5, 5.41) is 21.3. The first-order valence-electron chi connectivity index (χ1n) is 11.2. The van der Waals surface area contributed by atoms with Gasteiger partial charge in [0.05, 0.1) is 10.4 Å². The normalized spacial score (nSPS) is 10.6. The number of non-ortho nitro benzene ring substituents is 1. The maximum atomic E-state index is 12.8. The number of benzene rings is 4. The highest BCUT2D eigenvalue weighted by molar-refractivity contribution is 6.05. The molecule has 0 aliphatic carbocycles. The van der Waals surface area contributed by atoms with Crippen molar-refractivity contribution >= 4 is 50.9 Å². The fourth-order valence-corrected chi connectivity index (χ4v) is 3.78. The van der Waals surface area contributed by atoms with E-state index in [1.165, 1.54) is 12.1 Å².